The molecule has 0 saturated carbocycles. The van der Waals surface area contributed by atoms with Crippen LogP contribution in [0.25, 0.3) is 11.0 Å². The third-order valence-electron chi connectivity index (χ3n) is 3.91. The zero-order chi connectivity index (χ0) is 16.9. The van der Waals surface area contributed by atoms with Gasteiger partial charge in [-0.25, -0.2) is 4.98 Å². The van der Waals surface area contributed by atoms with Crippen LogP contribution in [0.5, 0.6) is 0 Å². The summed E-state index contributed by atoms with van der Waals surface area (Å²) in [5, 5.41) is 3.05. The first kappa shape index (κ1) is 16.6. The van der Waals surface area contributed by atoms with Gasteiger partial charge in [-0.1, -0.05) is 37.3 Å². The van der Waals surface area contributed by atoms with Gasteiger partial charge in [0.1, 0.15) is 5.82 Å². The number of benzene rings is 2. The van der Waals surface area contributed by atoms with Crippen molar-refractivity contribution in [3.63, 3.8) is 0 Å². The Balaban J connectivity index is 1.56. The van der Waals surface area contributed by atoms with Crippen molar-refractivity contribution in [3.8, 4) is 0 Å². The number of anilines is 1. The zero-order valence-electron chi connectivity index (χ0n) is 13.9. The molecule has 0 unspecified atom stereocenters. The molecule has 1 heterocycles. The van der Waals surface area contributed by atoms with Gasteiger partial charge in [0.25, 0.3) is 0 Å². The molecular weight excluding hydrogens is 318 g/mol. The lowest BCUT2D eigenvalue weighted by molar-refractivity contribution is -0.113. The smallest absolute Gasteiger partial charge is 0.234 e. The summed E-state index contributed by atoms with van der Waals surface area (Å²) < 4.78 is 0. The standard InChI is InChI=1S/C19H21N3OS/c1-3-14-8-6-7-13(2)19(14)22-18(23)12-24-11-17-20-15-9-4-5-10-16(15)21-17/h4-10H,3,11-12H2,1-2H3,(H,20,21)(H,22,23). The lowest BCUT2D eigenvalue weighted by atomic mass is 10.1. The fourth-order valence-corrected chi connectivity index (χ4v) is 3.38. The molecular formula is C19H21N3OS. The summed E-state index contributed by atoms with van der Waals surface area (Å²) in [5.74, 6) is 2.03. The lowest BCUT2D eigenvalue weighted by Gasteiger charge is -2.12. The van der Waals surface area contributed by atoms with E-state index >= 15 is 0 Å². The average Bonchev–Trinajstić information content (AvgIpc) is 2.99. The number of carbonyl (C=O) groups excluding carboxylic acids is 1. The number of amides is 1. The number of thioether (sulfide) groups is 1. The van der Waals surface area contributed by atoms with Gasteiger partial charge in [-0.05, 0) is 36.6 Å². The molecule has 2 aromatic carbocycles. The summed E-state index contributed by atoms with van der Waals surface area (Å²) in [5.41, 5.74) is 5.22. The number of hydrogen-bond donors (Lipinski definition) is 2. The number of hydrogen-bond acceptors (Lipinski definition) is 3. The Morgan fingerprint density at radius 3 is 2.83 bits per heavy atom. The number of aromatic nitrogens is 2. The predicted molar refractivity (Wildman–Crippen MR) is 101 cm³/mol. The fourth-order valence-electron chi connectivity index (χ4n) is 2.69. The second-order valence-electron chi connectivity index (χ2n) is 5.70. The maximum absolute atomic E-state index is 12.2. The number of rotatable bonds is 6. The largest absolute Gasteiger partial charge is 0.341 e. The van der Waals surface area contributed by atoms with Crippen LogP contribution >= 0.6 is 11.8 Å². The molecule has 4 nitrogen and oxygen atoms in total. The van der Waals surface area contributed by atoms with E-state index < -0.39 is 0 Å². The van der Waals surface area contributed by atoms with Gasteiger partial charge in [0.2, 0.25) is 5.91 Å². The molecule has 1 aromatic heterocycles. The van der Waals surface area contributed by atoms with E-state index in [1.165, 1.54) is 5.56 Å². The molecule has 5 heteroatoms. The third-order valence-corrected chi connectivity index (χ3v) is 4.86. The summed E-state index contributed by atoms with van der Waals surface area (Å²) in [6, 6.07) is 14.1. The van der Waals surface area contributed by atoms with E-state index in [-0.39, 0.29) is 5.91 Å². The highest BCUT2D eigenvalue weighted by Gasteiger charge is 2.09. The van der Waals surface area contributed by atoms with E-state index in [4.69, 9.17) is 0 Å². The molecule has 0 aliphatic carbocycles. The van der Waals surface area contributed by atoms with Crippen LogP contribution in [0.1, 0.15) is 23.9 Å². The normalized spacial score (nSPS) is 10.9. The number of fused-ring (bicyclic) bond motifs is 1. The van der Waals surface area contributed by atoms with Crippen LogP contribution < -0.4 is 5.32 Å². The Morgan fingerprint density at radius 2 is 2.04 bits per heavy atom. The minimum Gasteiger partial charge on any atom is -0.341 e. The Hall–Kier alpha value is -2.27. The first-order valence-electron chi connectivity index (χ1n) is 8.07. The molecule has 0 atom stereocenters. The highest BCUT2D eigenvalue weighted by Crippen LogP contribution is 2.22. The summed E-state index contributed by atoms with van der Waals surface area (Å²) in [6.45, 7) is 4.12. The highest BCUT2D eigenvalue weighted by atomic mass is 32.2. The molecule has 0 radical (unpaired) electrons. The van der Waals surface area contributed by atoms with Crippen LogP contribution in [0.15, 0.2) is 42.5 Å². The molecule has 0 aliphatic heterocycles. The predicted octanol–water partition coefficient (Wildman–Crippen LogP) is 4.31. The van der Waals surface area contributed by atoms with Crippen molar-refractivity contribution >= 4 is 34.4 Å². The summed E-state index contributed by atoms with van der Waals surface area (Å²) in [6.07, 6.45) is 0.906. The van der Waals surface area contributed by atoms with Gasteiger partial charge >= 0.3 is 0 Å². The topological polar surface area (TPSA) is 57.8 Å². The monoisotopic (exact) mass is 339 g/mol. The first-order chi connectivity index (χ1) is 11.7. The van der Waals surface area contributed by atoms with Crippen molar-refractivity contribution in [2.75, 3.05) is 11.1 Å². The number of nitrogens with one attached hydrogen (secondary N) is 2. The fraction of sp³-hybridized carbons (Fsp3) is 0.263. The van der Waals surface area contributed by atoms with Crippen molar-refractivity contribution in [1.82, 2.24) is 9.97 Å². The quantitative estimate of drug-likeness (QED) is 0.704. The molecule has 2 N–H and O–H groups in total. The SMILES string of the molecule is CCc1cccc(C)c1NC(=O)CSCc1nc2ccccc2[nH]1. The molecule has 0 saturated heterocycles. The molecule has 24 heavy (non-hydrogen) atoms. The van der Waals surface area contributed by atoms with E-state index in [0.717, 1.165) is 34.5 Å². The van der Waals surface area contributed by atoms with Crippen LogP contribution in [-0.2, 0) is 17.0 Å². The minimum absolute atomic E-state index is 0.0279. The van der Waals surface area contributed by atoms with Crippen LogP contribution in [-0.4, -0.2) is 21.6 Å². The average molecular weight is 339 g/mol. The molecule has 3 rings (SSSR count). The Bertz CT molecular complexity index is 824. The van der Waals surface area contributed by atoms with Gasteiger partial charge in [0.05, 0.1) is 22.5 Å². The second kappa shape index (κ2) is 7.53. The van der Waals surface area contributed by atoms with E-state index in [9.17, 15) is 4.79 Å². The first-order valence-corrected chi connectivity index (χ1v) is 9.22. The third kappa shape index (κ3) is 3.79. The highest BCUT2D eigenvalue weighted by molar-refractivity contribution is 7.99. The number of para-hydroxylation sites is 3. The maximum Gasteiger partial charge on any atom is 0.234 e. The number of carbonyl (C=O) groups is 1. The van der Waals surface area contributed by atoms with Crippen molar-refractivity contribution in [1.29, 1.82) is 0 Å². The Kier molecular flexibility index (Phi) is 5.20. The Labute approximate surface area is 146 Å². The molecule has 0 fully saturated rings. The summed E-state index contributed by atoms with van der Waals surface area (Å²) in [7, 11) is 0. The van der Waals surface area contributed by atoms with Gasteiger partial charge in [-0.3, -0.25) is 4.79 Å². The molecule has 0 aliphatic rings. The van der Waals surface area contributed by atoms with Crippen LogP contribution in [0, 0.1) is 6.92 Å². The van der Waals surface area contributed by atoms with Crippen molar-refractivity contribution in [2.45, 2.75) is 26.0 Å². The van der Waals surface area contributed by atoms with Crippen LogP contribution in [0.3, 0.4) is 0 Å². The van der Waals surface area contributed by atoms with Gasteiger partial charge in [-0.15, -0.1) is 11.8 Å². The second-order valence-corrected chi connectivity index (χ2v) is 6.69. The summed E-state index contributed by atoms with van der Waals surface area (Å²) >= 11 is 1.56. The van der Waals surface area contributed by atoms with E-state index in [1.54, 1.807) is 11.8 Å². The lowest BCUT2D eigenvalue weighted by Crippen LogP contribution is -2.16. The van der Waals surface area contributed by atoms with Crippen molar-refractivity contribution in [2.24, 2.45) is 0 Å². The molecule has 0 spiro atoms. The molecule has 3 aromatic rings. The maximum atomic E-state index is 12.2. The van der Waals surface area contributed by atoms with E-state index in [0.29, 0.717) is 11.5 Å². The minimum atomic E-state index is 0.0279. The van der Waals surface area contributed by atoms with Gasteiger partial charge in [-0.2, -0.15) is 0 Å². The number of imidazole rings is 1. The number of aryl methyl sites for hydroxylation is 2. The molecule has 124 valence electrons. The molecule has 0 bridgehead atoms. The van der Waals surface area contributed by atoms with Gasteiger partial charge in [0.15, 0.2) is 0 Å². The number of H-pyrrole nitrogens is 1. The number of aromatic amines is 1. The van der Waals surface area contributed by atoms with Gasteiger partial charge in [0, 0.05) is 5.69 Å². The zero-order valence-corrected chi connectivity index (χ0v) is 14.7. The van der Waals surface area contributed by atoms with Crippen molar-refractivity contribution in [3.05, 3.63) is 59.4 Å². The summed E-state index contributed by atoms with van der Waals surface area (Å²) in [4.78, 5) is 20.0. The van der Waals surface area contributed by atoms with E-state index in [1.807, 2.05) is 43.3 Å². The number of nitrogens with zero attached hydrogens (tertiary/aromatic N) is 1. The van der Waals surface area contributed by atoms with Gasteiger partial charge < -0.3 is 10.3 Å². The van der Waals surface area contributed by atoms with E-state index in [2.05, 4.69) is 28.3 Å². The van der Waals surface area contributed by atoms with Crippen molar-refractivity contribution < 1.29 is 4.79 Å². The van der Waals surface area contributed by atoms with Crippen LogP contribution in [0.2, 0.25) is 0 Å². The van der Waals surface area contributed by atoms with Crippen LogP contribution in [0.4, 0.5) is 5.69 Å². The Morgan fingerprint density at radius 1 is 1.21 bits per heavy atom. The molecule has 1 amide bonds.